The first-order valence-electron chi connectivity index (χ1n) is 9.90. The van der Waals surface area contributed by atoms with Crippen molar-refractivity contribution < 1.29 is 14.3 Å². The molecule has 7 heteroatoms. The highest BCUT2D eigenvalue weighted by molar-refractivity contribution is 9.10. The van der Waals surface area contributed by atoms with E-state index in [2.05, 4.69) is 31.2 Å². The number of aromatic amines is 1. The molecule has 4 rings (SSSR count). The fourth-order valence-electron chi connectivity index (χ4n) is 3.25. The van der Waals surface area contributed by atoms with Gasteiger partial charge < -0.3 is 19.8 Å². The molecule has 0 spiro atoms. The number of imidazole rings is 1. The fraction of sp³-hybridized carbons (Fsp3) is 0.167. The Morgan fingerprint density at radius 3 is 2.61 bits per heavy atom. The van der Waals surface area contributed by atoms with Crippen molar-refractivity contribution in [2.45, 2.75) is 6.42 Å². The number of fused-ring (bicyclic) bond motifs is 1. The van der Waals surface area contributed by atoms with Crippen LogP contribution in [-0.4, -0.2) is 36.1 Å². The molecule has 0 atom stereocenters. The molecule has 0 saturated heterocycles. The van der Waals surface area contributed by atoms with Crippen LogP contribution in [0.1, 0.15) is 5.56 Å². The van der Waals surface area contributed by atoms with Gasteiger partial charge in [0.2, 0.25) is 0 Å². The van der Waals surface area contributed by atoms with Crippen LogP contribution in [0.3, 0.4) is 0 Å². The minimum Gasteiger partial charge on any atom is -0.493 e. The zero-order valence-corrected chi connectivity index (χ0v) is 18.6. The average Bonchev–Trinajstić information content (AvgIpc) is 3.22. The van der Waals surface area contributed by atoms with Crippen molar-refractivity contribution in [2.24, 2.45) is 0 Å². The molecule has 6 nitrogen and oxygen atoms in total. The van der Waals surface area contributed by atoms with Crippen LogP contribution in [0.25, 0.3) is 22.4 Å². The van der Waals surface area contributed by atoms with Crippen LogP contribution >= 0.6 is 15.9 Å². The molecule has 2 N–H and O–H groups in total. The van der Waals surface area contributed by atoms with Crippen LogP contribution in [0.2, 0.25) is 0 Å². The van der Waals surface area contributed by atoms with E-state index < -0.39 is 0 Å². The van der Waals surface area contributed by atoms with Crippen LogP contribution < -0.4 is 14.8 Å². The van der Waals surface area contributed by atoms with Gasteiger partial charge in [-0.05, 0) is 52.2 Å². The molecule has 0 bridgehead atoms. The number of amides is 1. The summed E-state index contributed by atoms with van der Waals surface area (Å²) < 4.78 is 12.0. The van der Waals surface area contributed by atoms with Gasteiger partial charge >= 0.3 is 0 Å². The second kappa shape index (κ2) is 9.66. The van der Waals surface area contributed by atoms with Gasteiger partial charge in [0.25, 0.3) is 5.91 Å². The number of hydrogen-bond donors (Lipinski definition) is 2. The molecule has 0 aliphatic heterocycles. The van der Waals surface area contributed by atoms with Gasteiger partial charge in [-0.15, -0.1) is 0 Å². The smallest absolute Gasteiger partial charge is 0.257 e. The third-order valence-corrected chi connectivity index (χ3v) is 5.49. The lowest BCUT2D eigenvalue weighted by Crippen LogP contribution is -2.30. The molecule has 158 valence electrons. The SMILES string of the molecule is COc1cc(-c2nc3ccccc3[nH]2)c(Br)cc1OCC(=O)NCCc1ccccc1. The van der Waals surface area contributed by atoms with Gasteiger partial charge in [-0.1, -0.05) is 42.5 Å². The maximum Gasteiger partial charge on any atom is 0.257 e. The van der Waals surface area contributed by atoms with Crippen LogP contribution in [0.15, 0.2) is 71.2 Å². The number of aromatic nitrogens is 2. The number of benzene rings is 3. The summed E-state index contributed by atoms with van der Waals surface area (Å²) in [4.78, 5) is 20.1. The first-order valence-corrected chi connectivity index (χ1v) is 10.7. The van der Waals surface area contributed by atoms with Crippen LogP contribution in [0.4, 0.5) is 0 Å². The number of methoxy groups -OCH3 is 1. The first kappa shape index (κ1) is 20.9. The second-order valence-corrected chi connectivity index (χ2v) is 7.81. The van der Waals surface area contributed by atoms with Crippen molar-refractivity contribution >= 4 is 32.9 Å². The number of carbonyl (C=O) groups excluding carboxylic acids is 1. The number of ether oxygens (including phenoxy) is 2. The summed E-state index contributed by atoms with van der Waals surface area (Å²) in [6, 6.07) is 21.5. The molecular formula is C24H22BrN3O3. The molecule has 4 aromatic rings. The zero-order chi connectivity index (χ0) is 21.6. The van der Waals surface area contributed by atoms with E-state index in [1.54, 1.807) is 13.2 Å². The van der Waals surface area contributed by atoms with Crippen molar-refractivity contribution in [3.63, 3.8) is 0 Å². The highest BCUT2D eigenvalue weighted by atomic mass is 79.9. The zero-order valence-electron chi connectivity index (χ0n) is 17.0. The minimum absolute atomic E-state index is 0.0957. The van der Waals surface area contributed by atoms with Gasteiger partial charge in [-0.3, -0.25) is 4.79 Å². The van der Waals surface area contributed by atoms with E-state index in [1.807, 2.05) is 60.7 Å². The molecule has 0 aliphatic rings. The Labute approximate surface area is 188 Å². The van der Waals surface area contributed by atoms with E-state index in [0.717, 1.165) is 33.3 Å². The summed E-state index contributed by atoms with van der Waals surface area (Å²) in [7, 11) is 1.57. The number of H-pyrrole nitrogens is 1. The van der Waals surface area contributed by atoms with Gasteiger partial charge in [-0.2, -0.15) is 0 Å². The van der Waals surface area contributed by atoms with Gasteiger partial charge in [0.1, 0.15) is 5.82 Å². The Kier molecular flexibility index (Phi) is 6.52. The quantitative estimate of drug-likeness (QED) is 0.382. The van der Waals surface area contributed by atoms with E-state index in [0.29, 0.717) is 18.0 Å². The predicted octanol–water partition coefficient (Wildman–Crippen LogP) is 4.74. The van der Waals surface area contributed by atoms with Crippen LogP contribution in [0, 0.1) is 0 Å². The predicted molar refractivity (Wildman–Crippen MR) is 124 cm³/mol. The Balaban J connectivity index is 1.41. The largest absolute Gasteiger partial charge is 0.493 e. The number of hydrogen-bond acceptors (Lipinski definition) is 4. The van der Waals surface area contributed by atoms with E-state index in [1.165, 1.54) is 5.56 Å². The van der Waals surface area contributed by atoms with Gasteiger partial charge in [0, 0.05) is 16.6 Å². The van der Waals surface area contributed by atoms with Crippen LogP contribution in [-0.2, 0) is 11.2 Å². The number of nitrogens with one attached hydrogen (secondary N) is 2. The maximum absolute atomic E-state index is 12.2. The third kappa shape index (κ3) is 5.06. The molecule has 0 radical (unpaired) electrons. The topological polar surface area (TPSA) is 76.2 Å². The lowest BCUT2D eigenvalue weighted by molar-refractivity contribution is -0.123. The highest BCUT2D eigenvalue weighted by Crippen LogP contribution is 2.38. The summed E-state index contributed by atoms with van der Waals surface area (Å²) in [5.41, 5.74) is 3.86. The maximum atomic E-state index is 12.2. The summed E-state index contributed by atoms with van der Waals surface area (Å²) in [5.74, 6) is 1.54. The molecule has 0 aliphatic carbocycles. The lowest BCUT2D eigenvalue weighted by Gasteiger charge is -2.13. The number of halogens is 1. The van der Waals surface area contributed by atoms with Crippen molar-refractivity contribution in [3.05, 3.63) is 76.8 Å². The van der Waals surface area contributed by atoms with E-state index >= 15 is 0 Å². The van der Waals surface area contributed by atoms with E-state index in [9.17, 15) is 4.79 Å². The summed E-state index contributed by atoms with van der Waals surface area (Å²) in [5, 5.41) is 2.87. The Morgan fingerprint density at radius 1 is 1.06 bits per heavy atom. The van der Waals surface area contributed by atoms with Crippen molar-refractivity contribution in [1.29, 1.82) is 0 Å². The van der Waals surface area contributed by atoms with Gasteiger partial charge in [-0.25, -0.2) is 4.98 Å². The Bertz CT molecular complexity index is 1160. The lowest BCUT2D eigenvalue weighted by atomic mass is 10.1. The summed E-state index contributed by atoms with van der Waals surface area (Å²) >= 11 is 3.58. The van der Waals surface area contributed by atoms with Crippen LogP contribution in [0.5, 0.6) is 11.5 Å². The third-order valence-electron chi connectivity index (χ3n) is 4.84. The summed E-state index contributed by atoms with van der Waals surface area (Å²) in [6.07, 6.45) is 0.771. The first-order chi connectivity index (χ1) is 15.1. The average molecular weight is 480 g/mol. The monoisotopic (exact) mass is 479 g/mol. The normalized spacial score (nSPS) is 10.8. The molecule has 1 aromatic heterocycles. The highest BCUT2D eigenvalue weighted by Gasteiger charge is 2.15. The molecule has 0 fully saturated rings. The molecule has 0 saturated carbocycles. The number of carbonyl (C=O) groups is 1. The molecule has 0 unspecified atom stereocenters. The van der Waals surface area contributed by atoms with Gasteiger partial charge in [0.15, 0.2) is 18.1 Å². The van der Waals surface area contributed by atoms with Crippen molar-refractivity contribution in [2.75, 3.05) is 20.3 Å². The van der Waals surface area contributed by atoms with E-state index in [4.69, 9.17) is 9.47 Å². The molecule has 1 amide bonds. The van der Waals surface area contributed by atoms with Gasteiger partial charge in [0.05, 0.1) is 18.1 Å². The number of rotatable bonds is 8. The minimum atomic E-state index is -0.185. The van der Waals surface area contributed by atoms with E-state index in [-0.39, 0.29) is 12.5 Å². The molecular weight excluding hydrogens is 458 g/mol. The fourth-order valence-corrected chi connectivity index (χ4v) is 3.76. The Morgan fingerprint density at radius 2 is 1.84 bits per heavy atom. The second-order valence-electron chi connectivity index (χ2n) is 6.96. The molecule has 1 heterocycles. The van der Waals surface area contributed by atoms with Crippen molar-refractivity contribution in [1.82, 2.24) is 15.3 Å². The Hall–Kier alpha value is -3.32. The standard InChI is InChI=1S/C24H22BrN3O3/c1-30-21-13-17(24-27-19-9-5-6-10-20(19)28-24)18(25)14-22(21)31-15-23(29)26-12-11-16-7-3-2-4-8-16/h2-10,13-14H,11-12,15H2,1H3,(H,26,29)(H,27,28). The number of para-hydroxylation sites is 2. The van der Waals surface area contributed by atoms with Crippen molar-refractivity contribution in [3.8, 4) is 22.9 Å². The summed E-state index contributed by atoms with van der Waals surface area (Å²) in [6.45, 7) is 0.458. The molecule has 3 aromatic carbocycles. The molecule has 31 heavy (non-hydrogen) atoms. The number of nitrogens with zero attached hydrogens (tertiary/aromatic N) is 1.